The van der Waals surface area contributed by atoms with Crippen LogP contribution in [0.2, 0.25) is 5.02 Å². The van der Waals surface area contributed by atoms with Crippen LogP contribution in [0, 0.1) is 0 Å². The molecule has 5 nitrogen and oxygen atoms in total. The highest BCUT2D eigenvalue weighted by molar-refractivity contribution is 6.30. The molecule has 0 bridgehead atoms. The summed E-state index contributed by atoms with van der Waals surface area (Å²) in [5.41, 5.74) is 4.91. The Balaban J connectivity index is 2.10. The van der Waals surface area contributed by atoms with Gasteiger partial charge in [0.1, 0.15) is 0 Å². The van der Waals surface area contributed by atoms with Gasteiger partial charge >= 0.3 is 6.18 Å². The van der Waals surface area contributed by atoms with Crippen LogP contribution in [0.1, 0.15) is 11.3 Å². The first kappa shape index (κ1) is 20.3. The average Bonchev–Trinajstić information content (AvgIpc) is 2.69. The monoisotopic (exact) mass is 418 g/mol. The molecular formula is C20H14ClF3N4O. The maximum atomic E-state index is 13.0. The molecule has 3 aromatic rings. The van der Waals surface area contributed by atoms with Gasteiger partial charge in [0, 0.05) is 17.3 Å². The third-order valence-electron chi connectivity index (χ3n) is 3.82. The minimum absolute atomic E-state index is 0.0680. The highest BCUT2D eigenvalue weighted by Crippen LogP contribution is 2.30. The Hall–Kier alpha value is -3.39. The Morgan fingerprint density at radius 3 is 2.52 bits per heavy atom. The highest BCUT2D eigenvalue weighted by Gasteiger charge is 2.30. The fourth-order valence-corrected chi connectivity index (χ4v) is 2.59. The van der Waals surface area contributed by atoms with E-state index in [2.05, 4.69) is 10.1 Å². The lowest BCUT2D eigenvalue weighted by atomic mass is 10.2. The first-order chi connectivity index (χ1) is 13.8. The predicted octanol–water partition coefficient (Wildman–Crippen LogP) is 4.50. The van der Waals surface area contributed by atoms with E-state index in [9.17, 15) is 18.0 Å². The molecule has 9 heteroatoms. The molecule has 1 aromatic heterocycles. The van der Waals surface area contributed by atoms with Crippen LogP contribution >= 0.6 is 11.6 Å². The number of allylic oxidation sites excluding steroid dienone is 1. The zero-order valence-corrected chi connectivity index (χ0v) is 15.5. The van der Waals surface area contributed by atoms with E-state index in [1.165, 1.54) is 41.4 Å². The lowest BCUT2D eigenvalue weighted by molar-refractivity contribution is -0.137. The average molecular weight is 419 g/mol. The van der Waals surface area contributed by atoms with Crippen molar-refractivity contribution in [2.75, 3.05) is 0 Å². The third-order valence-corrected chi connectivity index (χ3v) is 4.07. The van der Waals surface area contributed by atoms with Crippen LogP contribution in [0.3, 0.4) is 0 Å². The lowest BCUT2D eigenvalue weighted by Crippen LogP contribution is -2.20. The summed E-state index contributed by atoms with van der Waals surface area (Å²) >= 11 is 5.86. The van der Waals surface area contributed by atoms with E-state index in [0.29, 0.717) is 10.7 Å². The molecule has 29 heavy (non-hydrogen) atoms. The number of nitrogens with two attached hydrogens (primary N) is 1. The molecule has 0 amide bonds. The van der Waals surface area contributed by atoms with Crippen LogP contribution in [0.4, 0.5) is 18.9 Å². The number of nitrogens with zero attached hydrogens (tertiary/aromatic N) is 3. The fourth-order valence-electron chi connectivity index (χ4n) is 2.47. The van der Waals surface area contributed by atoms with E-state index < -0.39 is 17.2 Å². The van der Waals surface area contributed by atoms with Crippen molar-refractivity contribution >= 4 is 23.0 Å². The van der Waals surface area contributed by atoms with Gasteiger partial charge < -0.3 is 5.73 Å². The zero-order valence-electron chi connectivity index (χ0n) is 14.8. The van der Waals surface area contributed by atoms with Gasteiger partial charge in [0.25, 0.3) is 0 Å². The predicted molar refractivity (Wildman–Crippen MR) is 106 cm³/mol. The molecule has 0 fully saturated rings. The molecule has 0 aliphatic carbocycles. The van der Waals surface area contributed by atoms with Crippen molar-refractivity contribution in [2.24, 2.45) is 10.7 Å². The molecule has 0 saturated carbocycles. The van der Waals surface area contributed by atoms with Gasteiger partial charge in [0.05, 0.1) is 22.6 Å². The normalized spacial score (nSPS) is 12.5. The van der Waals surface area contributed by atoms with Crippen LogP contribution in [0.5, 0.6) is 0 Å². The summed E-state index contributed by atoms with van der Waals surface area (Å²) in [6.07, 6.45) is -0.638. The molecule has 0 radical (unpaired) electrons. The first-order valence-corrected chi connectivity index (χ1v) is 8.66. The summed E-state index contributed by atoms with van der Waals surface area (Å²) in [5.74, 6) is 0. The second kappa shape index (κ2) is 8.32. The van der Waals surface area contributed by atoms with Gasteiger partial charge in [-0.05, 0) is 54.7 Å². The van der Waals surface area contributed by atoms with Gasteiger partial charge in [0.15, 0.2) is 5.69 Å². The van der Waals surface area contributed by atoms with E-state index in [4.69, 9.17) is 17.3 Å². The van der Waals surface area contributed by atoms with Gasteiger partial charge in [-0.2, -0.15) is 18.3 Å². The second-order valence-electron chi connectivity index (χ2n) is 5.85. The molecule has 3 rings (SSSR count). The van der Waals surface area contributed by atoms with E-state index in [1.54, 1.807) is 24.3 Å². The molecule has 2 N–H and O–H groups in total. The van der Waals surface area contributed by atoms with Gasteiger partial charge in [-0.25, -0.2) is 9.67 Å². The summed E-state index contributed by atoms with van der Waals surface area (Å²) in [6.45, 7) is 0. The Bertz CT molecular complexity index is 1140. The van der Waals surface area contributed by atoms with Crippen molar-refractivity contribution in [3.8, 4) is 5.69 Å². The number of alkyl halides is 3. The van der Waals surface area contributed by atoms with Gasteiger partial charge in [-0.15, -0.1) is 0 Å². The van der Waals surface area contributed by atoms with Crippen molar-refractivity contribution in [3.63, 3.8) is 0 Å². The van der Waals surface area contributed by atoms with Gasteiger partial charge in [-0.3, -0.25) is 4.79 Å². The molecule has 148 valence electrons. The molecule has 0 unspecified atom stereocenters. The molecular weight excluding hydrogens is 405 g/mol. The summed E-state index contributed by atoms with van der Waals surface area (Å²) in [7, 11) is 0. The number of hydrogen-bond acceptors (Lipinski definition) is 4. The minimum Gasteiger partial charge on any atom is -0.405 e. The molecule has 0 spiro atoms. The number of hydrogen-bond donors (Lipinski definition) is 1. The maximum absolute atomic E-state index is 13.0. The SMILES string of the molecule is NC=CC(=Nc1ccc(Cl)cc1)c1nn(-c2cccc(C(F)(F)F)c2)ccc1=O. The van der Waals surface area contributed by atoms with E-state index in [-0.39, 0.29) is 17.1 Å². The molecule has 0 saturated heterocycles. The minimum atomic E-state index is -4.50. The van der Waals surface area contributed by atoms with Crippen molar-refractivity contribution in [1.82, 2.24) is 9.78 Å². The Kier molecular flexibility index (Phi) is 5.84. The van der Waals surface area contributed by atoms with Crippen molar-refractivity contribution in [2.45, 2.75) is 6.18 Å². The van der Waals surface area contributed by atoms with E-state index >= 15 is 0 Å². The molecule has 2 aromatic carbocycles. The number of benzene rings is 2. The van der Waals surface area contributed by atoms with Gasteiger partial charge in [-0.1, -0.05) is 17.7 Å². The van der Waals surface area contributed by atoms with Crippen molar-refractivity contribution < 1.29 is 13.2 Å². The molecule has 1 heterocycles. The van der Waals surface area contributed by atoms with Crippen LogP contribution in [-0.2, 0) is 6.18 Å². The summed E-state index contributed by atoms with van der Waals surface area (Å²) in [4.78, 5) is 16.7. The summed E-state index contributed by atoms with van der Waals surface area (Å²) < 4.78 is 40.2. The zero-order chi connectivity index (χ0) is 21.0. The number of aliphatic imine (C=N–C) groups is 1. The largest absolute Gasteiger partial charge is 0.416 e. The maximum Gasteiger partial charge on any atom is 0.416 e. The van der Waals surface area contributed by atoms with Crippen molar-refractivity contribution in [1.29, 1.82) is 0 Å². The standard InChI is InChI=1S/C20H14ClF3N4O/c21-14-4-6-15(7-5-14)26-17(8-10-25)19-18(29)9-11-28(27-19)16-3-1-2-13(12-16)20(22,23)24/h1-12H,25H2. The van der Waals surface area contributed by atoms with E-state index in [0.717, 1.165) is 12.1 Å². The quantitative estimate of drug-likeness (QED) is 0.634. The Labute approximate surface area is 168 Å². The molecule has 0 aliphatic heterocycles. The topological polar surface area (TPSA) is 73.3 Å². The van der Waals surface area contributed by atoms with E-state index in [1.807, 2.05) is 0 Å². The molecule has 0 atom stereocenters. The lowest BCUT2D eigenvalue weighted by Gasteiger charge is -2.11. The first-order valence-electron chi connectivity index (χ1n) is 8.28. The number of rotatable bonds is 4. The smallest absolute Gasteiger partial charge is 0.405 e. The fraction of sp³-hybridized carbons (Fsp3) is 0.0500. The van der Waals surface area contributed by atoms with Crippen LogP contribution in [-0.4, -0.2) is 15.5 Å². The van der Waals surface area contributed by atoms with Crippen LogP contribution in [0.15, 0.2) is 82.9 Å². The van der Waals surface area contributed by atoms with Crippen molar-refractivity contribution in [3.05, 3.63) is 99.6 Å². The van der Waals surface area contributed by atoms with Crippen LogP contribution < -0.4 is 11.2 Å². The Morgan fingerprint density at radius 2 is 1.86 bits per heavy atom. The van der Waals surface area contributed by atoms with Crippen LogP contribution in [0.25, 0.3) is 5.69 Å². The highest BCUT2D eigenvalue weighted by atomic mass is 35.5. The van der Waals surface area contributed by atoms with Gasteiger partial charge in [0.2, 0.25) is 5.43 Å². The Morgan fingerprint density at radius 1 is 1.14 bits per heavy atom. The number of aromatic nitrogens is 2. The second-order valence-corrected chi connectivity index (χ2v) is 6.29. The summed E-state index contributed by atoms with van der Waals surface area (Å²) in [5, 5.41) is 4.69. The number of halogens is 4. The molecule has 0 aliphatic rings. The summed E-state index contributed by atoms with van der Waals surface area (Å²) in [6, 6.07) is 12.3. The third kappa shape index (κ3) is 4.91.